The molecule has 1 amide bonds. The summed E-state index contributed by atoms with van der Waals surface area (Å²) in [7, 11) is 1.32. The average Bonchev–Trinajstić information content (AvgIpc) is 3.01. The molecule has 3 aromatic rings. The summed E-state index contributed by atoms with van der Waals surface area (Å²) < 4.78 is 6.49. The smallest absolute Gasteiger partial charge is 0.338 e. The summed E-state index contributed by atoms with van der Waals surface area (Å²) in [6.45, 7) is 3.80. The summed E-state index contributed by atoms with van der Waals surface area (Å²) in [5.41, 5.74) is 2.59. The van der Waals surface area contributed by atoms with E-state index < -0.39 is 16.8 Å². The summed E-state index contributed by atoms with van der Waals surface area (Å²) >= 11 is 5.81. The molecule has 1 N–H and O–H groups in total. The van der Waals surface area contributed by atoms with Gasteiger partial charge in [0.15, 0.2) is 0 Å². The predicted octanol–water partition coefficient (Wildman–Crippen LogP) is 4.15. The van der Waals surface area contributed by atoms with Crippen molar-refractivity contribution in [1.29, 1.82) is 0 Å². The van der Waals surface area contributed by atoms with Crippen molar-refractivity contribution in [1.82, 2.24) is 9.78 Å². The second kappa shape index (κ2) is 8.97. The van der Waals surface area contributed by atoms with Crippen LogP contribution in [0.5, 0.6) is 0 Å². The van der Waals surface area contributed by atoms with Crippen molar-refractivity contribution < 1.29 is 19.2 Å². The first-order chi connectivity index (χ1) is 14.7. The van der Waals surface area contributed by atoms with Gasteiger partial charge in [-0.2, -0.15) is 5.10 Å². The molecule has 2 aromatic carbocycles. The number of aryl methyl sites for hydroxylation is 1. The number of benzene rings is 2. The zero-order chi connectivity index (χ0) is 22.7. The van der Waals surface area contributed by atoms with Crippen LogP contribution in [0, 0.1) is 24.0 Å². The molecule has 0 saturated carbocycles. The van der Waals surface area contributed by atoms with Gasteiger partial charge in [0.05, 0.1) is 41.2 Å². The van der Waals surface area contributed by atoms with Crippen LogP contribution >= 0.6 is 11.6 Å². The summed E-state index contributed by atoms with van der Waals surface area (Å²) in [4.78, 5) is 35.1. The van der Waals surface area contributed by atoms with Crippen LogP contribution in [0.4, 0.5) is 11.4 Å². The Labute approximate surface area is 182 Å². The van der Waals surface area contributed by atoms with Gasteiger partial charge < -0.3 is 10.1 Å². The fraction of sp³-hybridized carbons (Fsp3) is 0.190. The van der Waals surface area contributed by atoms with Gasteiger partial charge in [-0.15, -0.1) is 0 Å². The Hall–Kier alpha value is -3.72. The first-order valence-electron chi connectivity index (χ1n) is 9.18. The number of nitrogens with zero attached hydrogens (tertiary/aromatic N) is 3. The minimum absolute atomic E-state index is 0.0500. The molecule has 3 rings (SSSR count). The number of ether oxygens (including phenoxy) is 1. The molecule has 1 heterocycles. The lowest BCUT2D eigenvalue weighted by atomic mass is 10.1. The third-order valence-corrected chi connectivity index (χ3v) is 5.09. The number of nitro benzene ring substituents is 1. The van der Waals surface area contributed by atoms with Gasteiger partial charge in [0.2, 0.25) is 0 Å². The highest BCUT2D eigenvalue weighted by Crippen LogP contribution is 2.27. The van der Waals surface area contributed by atoms with Crippen LogP contribution in [0.3, 0.4) is 0 Å². The van der Waals surface area contributed by atoms with Gasteiger partial charge in [0.25, 0.3) is 11.6 Å². The minimum Gasteiger partial charge on any atom is -0.465 e. The zero-order valence-corrected chi connectivity index (χ0v) is 17.8. The van der Waals surface area contributed by atoms with Crippen molar-refractivity contribution in [2.45, 2.75) is 20.4 Å². The molecule has 0 radical (unpaired) electrons. The molecule has 10 heteroatoms. The number of nitrogens with one attached hydrogen (secondary N) is 1. The number of methoxy groups -OCH3 is 1. The largest absolute Gasteiger partial charge is 0.465 e. The molecule has 0 aliphatic carbocycles. The molecule has 0 atom stereocenters. The number of hydrogen-bond donors (Lipinski definition) is 1. The number of anilines is 1. The van der Waals surface area contributed by atoms with Crippen LogP contribution in [0.1, 0.15) is 37.7 Å². The molecule has 0 saturated heterocycles. The van der Waals surface area contributed by atoms with E-state index in [0.717, 1.165) is 6.07 Å². The average molecular weight is 443 g/mol. The Morgan fingerprint density at radius 2 is 1.94 bits per heavy atom. The highest BCUT2D eigenvalue weighted by atomic mass is 35.5. The van der Waals surface area contributed by atoms with E-state index in [1.54, 1.807) is 36.7 Å². The topological polar surface area (TPSA) is 116 Å². The van der Waals surface area contributed by atoms with Gasteiger partial charge in [0.1, 0.15) is 5.02 Å². The summed E-state index contributed by atoms with van der Waals surface area (Å²) in [6, 6.07) is 10.9. The summed E-state index contributed by atoms with van der Waals surface area (Å²) in [6.07, 6.45) is 0. The van der Waals surface area contributed by atoms with Crippen LogP contribution in [0.15, 0.2) is 42.5 Å². The van der Waals surface area contributed by atoms with Crippen molar-refractivity contribution in [2.75, 3.05) is 12.4 Å². The maximum Gasteiger partial charge on any atom is 0.338 e. The number of nitro groups is 1. The Morgan fingerprint density at radius 3 is 2.61 bits per heavy atom. The van der Waals surface area contributed by atoms with Gasteiger partial charge in [-0.1, -0.05) is 29.8 Å². The lowest BCUT2D eigenvalue weighted by Crippen LogP contribution is -2.14. The molecule has 0 fully saturated rings. The molecule has 0 bridgehead atoms. The Kier molecular flexibility index (Phi) is 6.36. The van der Waals surface area contributed by atoms with Crippen molar-refractivity contribution in [3.05, 3.63) is 85.7 Å². The van der Waals surface area contributed by atoms with Crippen LogP contribution in [-0.4, -0.2) is 33.7 Å². The van der Waals surface area contributed by atoms with Crippen LogP contribution in [-0.2, 0) is 11.3 Å². The van der Waals surface area contributed by atoms with E-state index in [0.29, 0.717) is 34.7 Å². The fourth-order valence-corrected chi connectivity index (χ4v) is 3.33. The van der Waals surface area contributed by atoms with Gasteiger partial charge in [-0.3, -0.25) is 19.6 Å². The summed E-state index contributed by atoms with van der Waals surface area (Å²) in [5, 5.41) is 18.2. The monoisotopic (exact) mass is 442 g/mol. The first kappa shape index (κ1) is 22.0. The van der Waals surface area contributed by atoms with Gasteiger partial charge in [0, 0.05) is 11.6 Å². The normalized spacial score (nSPS) is 10.6. The molecular weight excluding hydrogens is 424 g/mol. The lowest BCUT2D eigenvalue weighted by Gasteiger charge is -2.10. The highest BCUT2D eigenvalue weighted by molar-refractivity contribution is 6.32. The molecule has 31 heavy (non-hydrogen) atoms. The van der Waals surface area contributed by atoms with Gasteiger partial charge in [-0.05, 0) is 37.6 Å². The lowest BCUT2D eigenvalue weighted by molar-refractivity contribution is -0.384. The van der Waals surface area contributed by atoms with Crippen LogP contribution in [0.25, 0.3) is 0 Å². The summed E-state index contributed by atoms with van der Waals surface area (Å²) in [5.74, 6) is -0.976. The Bertz CT molecular complexity index is 1190. The van der Waals surface area contributed by atoms with E-state index in [1.807, 2.05) is 6.07 Å². The number of hydrogen-bond acceptors (Lipinski definition) is 6. The first-order valence-corrected chi connectivity index (χ1v) is 9.56. The molecule has 0 unspecified atom stereocenters. The number of rotatable bonds is 6. The number of esters is 1. The highest BCUT2D eigenvalue weighted by Gasteiger charge is 2.20. The Balaban J connectivity index is 1.88. The second-order valence-corrected chi connectivity index (χ2v) is 7.14. The maximum absolute atomic E-state index is 12.7. The number of halogens is 1. The molecule has 160 valence electrons. The number of carbonyl (C=O) groups is 2. The zero-order valence-electron chi connectivity index (χ0n) is 17.0. The van der Waals surface area contributed by atoms with E-state index in [9.17, 15) is 19.7 Å². The van der Waals surface area contributed by atoms with Crippen molar-refractivity contribution >= 4 is 34.9 Å². The standard InChI is InChI=1S/C21H19ClN4O5/c1-12-19(23-20(27)14-8-9-17(22)18(10-14)26(29)30)13(2)25(24-12)11-15-6-4-5-7-16(15)21(28)31-3/h4-10H,11H2,1-3H3,(H,23,27). The maximum atomic E-state index is 12.7. The third-order valence-electron chi connectivity index (χ3n) is 4.77. The van der Waals surface area contributed by atoms with E-state index >= 15 is 0 Å². The van der Waals surface area contributed by atoms with Crippen molar-refractivity contribution in [2.24, 2.45) is 0 Å². The van der Waals surface area contributed by atoms with E-state index in [4.69, 9.17) is 16.3 Å². The molecule has 9 nitrogen and oxygen atoms in total. The van der Waals surface area contributed by atoms with Crippen LogP contribution < -0.4 is 5.32 Å². The molecule has 1 aromatic heterocycles. The minimum atomic E-state index is -0.646. The molecule has 0 aliphatic heterocycles. The van der Waals surface area contributed by atoms with E-state index in [2.05, 4.69) is 10.4 Å². The van der Waals surface area contributed by atoms with Crippen LogP contribution in [0.2, 0.25) is 5.02 Å². The quantitative estimate of drug-likeness (QED) is 0.348. The molecule has 0 aliphatic rings. The Morgan fingerprint density at radius 1 is 1.23 bits per heavy atom. The fourth-order valence-electron chi connectivity index (χ4n) is 3.14. The van der Waals surface area contributed by atoms with Crippen molar-refractivity contribution in [3.63, 3.8) is 0 Å². The van der Waals surface area contributed by atoms with Gasteiger partial charge >= 0.3 is 5.97 Å². The van der Waals surface area contributed by atoms with E-state index in [-0.39, 0.29) is 16.3 Å². The third kappa shape index (κ3) is 4.56. The predicted molar refractivity (Wildman–Crippen MR) is 115 cm³/mol. The molecular formula is C21H19ClN4O5. The number of aromatic nitrogens is 2. The van der Waals surface area contributed by atoms with Gasteiger partial charge in [-0.25, -0.2) is 4.79 Å². The number of carbonyl (C=O) groups excluding carboxylic acids is 2. The van der Waals surface area contributed by atoms with E-state index in [1.165, 1.54) is 19.2 Å². The number of amides is 1. The molecule has 0 spiro atoms. The second-order valence-electron chi connectivity index (χ2n) is 6.73. The SMILES string of the molecule is COC(=O)c1ccccc1Cn1nc(C)c(NC(=O)c2ccc(Cl)c([N+](=O)[O-])c2)c1C. The van der Waals surface area contributed by atoms with Crippen molar-refractivity contribution in [3.8, 4) is 0 Å².